The maximum Gasteiger partial charge on any atom is -0.00217 e. The molecule has 0 aliphatic heterocycles. The first-order valence-corrected chi connectivity index (χ1v) is 1.05. The van der Waals surface area contributed by atoms with E-state index in [2.05, 4.69) is 26.1 Å². The van der Waals surface area contributed by atoms with E-state index in [-0.39, 0.29) is 6.15 Å². The molecule has 0 aliphatic carbocycles. The summed E-state index contributed by atoms with van der Waals surface area (Å²) in [6.45, 7) is 0. The van der Waals surface area contributed by atoms with E-state index >= 15 is 0 Å². The molecule has 34 valence electrons. The van der Waals surface area contributed by atoms with Gasteiger partial charge < -0.3 is 6.15 Å². The van der Waals surface area contributed by atoms with Gasteiger partial charge in [0.05, 0.1) is 0 Å². The van der Waals surface area contributed by atoms with Crippen LogP contribution in [0.15, 0.2) is 0 Å². The molecule has 6 nitrogen and oxygen atoms in total. The lowest BCUT2D eigenvalue weighted by atomic mass is 12.7. The fraction of sp³-hybridized carbons (Fsp3) is 0. The predicted octanol–water partition coefficient (Wildman–Crippen LogP) is -1.24. The Balaban J connectivity index is 0.000000250. The standard InChI is InChI=1S/HN5.H3N/c1-2-4-5-3-1;/h(H,1,2,3,4,5);1H3. The van der Waals surface area contributed by atoms with E-state index in [1.807, 2.05) is 0 Å². The van der Waals surface area contributed by atoms with Crippen molar-refractivity contribution < 1.29 is 0 Å². The van der Waals surface area contributed by atoms with Gasteiger partial charge in [0.1, 0.15) is 0 Å². The summed E-state index contributed by atoms with van der Waals surface area (Å²) >= 11 is 0. The van der Waals surface area contributed by atoms with E-state index in [0.29, 0.717) is 0 Å². The highest BCUT2D eigenvalue weighted by Gasteiger charge is 1.59. The van der Waals surface area contributed by atoms with Crippen molar-refractivity contribution >= 4 is 0 Å². The number of rotatable bonds is 0. The quantitative estimate of drug-likeness (QED) is 0.412. The third-order valence-corrected chi connectivity index (χ3v) is 0.219. The second-order valence-electron chi connectivity index (χ2n) is 0.479. The Hall–Kier alpha value is -1.04. The topological polar surface area (TPSA) is 102 Å². The molecule has 0 bridgehead atoms. The molecule has 0 aromatic carbocycles. The molecule has 0 saturated carbocycles. The molecule has 0 aliphatic rings. The zero-order valence-electron chi connectivity index (χ0n) is 3.00. The van der Waals surface area contributed by atoms with Gasteiger partial charge in [-0.2, -0.15) is 5.21 Å². The Morgan fingerprint density at radius 3 is 1.67 bits per heavy atom. The minimum Gasteiger partial charge on any atom is -0.344 e. The van der Waals surface area contributed by atoms with Crippen molar-refractivity contribution in [3.63, 3.8) is 0 Å². The number of aromatic nitrogens is 5. The fourth-order valence-electron chi connectivity index (χ4n) is 0.100. The van der Waals surface area contributed by atoms with Crippen molar-refractivity contribution in [3.05, 3.63) is 0 Å². The zero-order chi connectivity index (χ0) is 3.54. The molecule has 0 fully saturated rings. The molecule has 6 heavy (non-hydrogen) atoms. The zero-order valence-corrected chi connectivity index (χ0v) is 3.00. The van der Waals surface area contributed by atoms with Crippen molar-refractivity contribution in [2.45, 2.75) is 0 Å². The average Bonchev–Trinajstić information content (AvgIpc) is 1.76. The number of hydrogen-bond donors (Lipinski definition) is 2. The summed E-state index contributed by atoms with van der Waals surface area (Å²) in [4.78, 5) is 0. The predicted molar refractivity (Wildman–Crippen MR) is 17.0 cm³/mol. The van der Waals surface area contributed by atoms with Crippen molar-refractivity contribution in [2.75, 3.05) is 0 Å². The summed E-state index contributed by atoms with van der Waals surface area (Å²) in [5, 5.41) is 14.5. The van der Waals surface area contributed by atoms with Gasteiger partial charge in [-0.1, -0.05) is 0 Å². The lowest BCUT2D eigenvalue weighted by Gasteiger charge is -1.40. The Labute approximate surface area is 33.5 Å². The summed E-state index contributed by atoms with van der Waals surface area (Å²) < 4.78 is 0. The third-order valence-electron chi connectivity index (χ3n) is 0.219. The van der Waals surface area contributed by atoms with Crippen LogP contribution in [0, 0.1) is 0 Å². The van der Waals surface area contributed by atoms with Crippen LogP contribution in [-0.2, 0) is 0 Å². The van der Waals surface area contributed by atoms with E-state index in [1.165, 1.54) is 0 Å². The van der Waals surface area contributed by atoms with Crippen LogP contribution < -0.4 is 6.15 Å². The highest BCUT2D eigenvalue weighted by atomic mass is 15.6. The van der Waals surface area contributed by atoms with Crippen LogP contribution in [0.1, 0.15) is 0 Å². The highest BCUT2D eigenvalue weighted by Crippen LogP contribution is 1.31. The van der Waals surface area contributed by atoms with Crippen LogP contribution in [0.25, 0.3) is 0 Å². The van der Waals surface area contributed by atoms with Crippen LogP contribution in [0.3, 0.4) is 0 Å². The number of H-pyrrole nitrogens is 1. The first-order valence-electron chi connectivity index (χ1n) is 1.05. The molecule has 4 N–H and O–H groups in total. The minimum atomic E-state index is 0. The maximum absolute atomic E-state index is 3.12. The molecular weight excluding hydrogens is 84.0 g/mol. The highest BCUT2D eigenvalue weighted by molar-refractivity contribution is 3.84. The van der Waals surface area contributed by atoms with Gasteiger partial charge in [0.15, 0.2) is 0 Å². The Kier molecular flexibility index (Phi) is 1.83. The smallest absolute Gasteiger partial charge is 0.00217 e. The summed E-state index contributed by atoms with van der Waals surface area (Å²) in [6, 6.07) is 0. The van der Waals surface area contributed by atoms with E-state index < -0.39 is 0 Å². The number of aromatic amines is 1. The van der Waals surface area contributed by atoms with Crippen molar-refractivity contribution in [1.29, 1.82) is 0 Å². The summed E-state index contributed by atoms with van der Waals surface area (Å²) in [7, 11) is 0. The lowest BCUT2D eigenvalue weighted by molar-refractivity contribution is 0.881. The van der Waals surface area contributed by atoms with Gasteiger partial charge in [0.25, 0.3) is 0 Å². The van der Waals surface area contributed by atoms with Gasteiger partial charge in [-0.25, -0.2) is 0 Å². The van der Waals surface area contributed by atoms with E-state index in [1.54, 1.807) is 0 Å². The Morgan fingerprint density at radius 1 is 1.00 bits per heavy atom. The van der Waals surface area contributed by atoms with Crippen molar-refractivity contribution in [3.8, 4) is 0 Å². The monoisotopic (exact) mass is 88.0 g/mol. The van der Waals surface area contributed by atoms with Gasteiger partial charge in [0, 0.05) is 0 Å². The van der Waals surface area contributed by atoms with Crippen LogP contribution in [0.2, 0.25) is 0 Å². The average molecular weight is 88.1 g/mol. The van der Waals surface area contributed by atoms with Gasteiger partial charge in [-0.15, -0.1) is 0 Å². The molecule has 0 spiro atoms. The van der Waals surface area contributed by atoms with Gasteiger partial charge in [-0.05, 0) is 20.9 Å². The maximum atomic E-state index is 3.12. The van der Waals surface area contributed by atoms with Gasteiger partial charge >= 0.3 is 0 Å². The molecule has 0 amide bonds. The molecule has 0 radical (unpaired) electrons. The normalized spacial score (nSPS) is 6.67. The van der Waals surface area contributed by atoms with Gasteiger partial charge in [-0.3, -0.25) is 0 Å². The number of nitrogens with one attached hydrogen (secondary N) is 1. The molecule has 0 unspecified atom stereocenters. The van der Waals surface area contributed by atoms with Crippen LogP contribution >= 0.6 is 0 Å². The molecular formula is H4N6. The van der Waals surface area contributed by atoms with Gasteiger partial charge in [0.2, 0.25) is 0 Å². The van der Waals surface area contributed by atoms with Crippen LogP contribution in [0.5, 0.6) is 0 Å². The first kappa shape index (κ1) is 4.96. The third kappa shape index (κ3) is 0.725. The van der Waals surface area contributed by atoms with E-state index in [9.17, 15) is 0 Å². The van der Waals surface area contributed by atoms with E-state index in [0.717, 1.165) is 0 Å². The molecule has 0 saturated heterocycles. The Bertz CT molecular complexity index is 56.5. The lowest BCUT2D eigenvalue weighted by Crippen LogP contribution is -1.64. The largest absolute Gasteiger partial charge is 0.344 e. The van der Waals surface area contributed by atoms with E-state index in [4.69, 9.17) is 0 Å². The van der Waals surface area contributed by atoms with Crippen molar-refractivity contribution in [1.82, 2.24) is 32.2 Å². The molecule has 6 heteroatoms. The molecule has 1 aromatic heterocycles. The second kappa shape index (κ2) is 2.21. The molecule has 1 heterocycles. The first-order chi connectivity index (χ1) is 2.50. The second-order valence-corrected chi connectivity index (χ2v) is 0.479. The van der Waals surface area contributed by atoms with Crippen LogP contribution in [-0.4, -0.2) is 26.1 Å². The Morgan fingerprint density at radius 2 is 1.50 bits per heavy atom. The van der Waals surface area contributed by atoms with Crippen molar-refractivity contribution in [2.24, 2.45) is 0 Å². The summed E-state index contributed by atoms with van der Waals surface area (Å²) in [5.74, 6) is 0. The minimum absolute atomic E-state index is 0. The summed E-state index contributed by atoms with van der Waals surface area (Å²) in [6.07, 6.45) is 0. The molecule has 1 rings (SSSR count). The molecule has 1 aromatic rings. The number of hydrogen-bond acceptors (Lipinski definition) is 5. The molecule has 0 atom stereocenters. The fourth-order valence-corrected chi connectivity index (χ4v) is 0.100. The number of nitrogens with zero attached hydrogens (tertiary/aromatic N) is 4. The summed E-state index contributed by atoms with van der Waals surface area (Å²) in [5.41, 5.74) is 0. The SMILES string of the molecule is N.n1nn[nH]n1. The van der Waals surface area contributed by atoms with Crippen LogP contribution in [0.4, 0.5) is 0 Å².